The normalized spacial score (nSPS) is 18.2. The van der Waals surface area contributed by atoms with Crippen LogP contribution in [0, 0.1) is 6.92 Å². The fourth-order valence-corrected chi connectivity index (χ4v) is 4.20. The lowest BCUT2D eigenvalue weighted by Gasteiger charge is -2.39. The summed E-state index contributed by atoms with van der Waals surface area (Å²) in [4.78, 5) is 19.6. The van der Waals surface area contributed by atoms with Gasteiger partial charge in [-0.3, -0.25) is 9.69 Å². The molecule has 3 aromatic rings. The van der Waals surface area contributed by atoms with Crippen molar-refractivity contribution in [2.75, 3.05) is 12.0 Å². The molecule has 0 aliphatic carbocycles. The van der Waals surface area contributed by atoms with Gasteiger partial charge in [0.15, 0.2) is 0 Å². The molecular weight excluding hydrogens is 376 g/mol. The number of fused-ring (bicyclic) bond motifs is 1. The smallest absolute Gasteiger partial charge is 0.231 e. The Hall–Kier alpha value is -3.15. The SMILES string of the molecule is CCCCC(=O)N1c2ncnn2[C@@H](c2ccccc2OC)C[C@@H]1c1ccc(C)cc1. The molecule has 0 radical (unpaired) electrons. The molecule has 6 heteroatoms. The highest BCUT2D eigenvalue weighted by atomic mass is 16.5. The number of benzene rings is 2. The second-order valence-corrected chi connectivity index (χ2v) is 7.79. The molecule has 1 amide bonds. The van der Waals surface area contributed by atoms with Crippen molar-refractivity contribution < 1.29 is 9.53 Å². The van der Waals surface area contributed by atoms with E-state index in [2.05, 4.69) is 54.3 Å². The van der Waals surface area contributed by atoms with E-state index in [1.807, 2.05) is 27.8 Å². The maximum Gasteiger partial charge on any atom is 0.231 e. The van der Waals surface area contributed by atoms with Crippen molar-refractivity contribution >= 4 is 11.9 Å². The molecule has 1 aliphatic heterocycles. The second-order valence-electron chi connectivity index (χ2n) is 7.79. The highest BCUT2D eigenvalue weighted by molar-refractivity contribution is 5.92. The molecule has 2 heterocycles. The van der Waals surface area contributed by atoms with Crippen LogP contribution in [0.3, 0.4) is 0 Å². The van der Waals surface area contributed by atoms with Crippen molar-refractivity contribution in [3.05, 3.63) is 71.5 Å². The highest BCUT2D eigenvalue weighted by Crippen LogP contribution is 2.44. The molecule has 2 aromatic carbocycles. The molecule has 4 rings (SSSR count). The minimum absolute atomic E-state index is 0.0693. The summed E-state index contributed by atoms with van der Waals surface area (Å²) in [5.41, 5.74) is 3.35. The zero-order valence-electron chi connectivity index (χ0n) is 17.8. The highest BCUT2D eigenvalue weighted by Gasteiger charge is 2.39. The lowest BCUT2D eigenvalue weighted by atomic mass is 9.91. The third-order valence-electron chi connectivity index (χ3n) is 5.80. The van der Waals surface area contributed by atoms with Crippen molar-refractivity contribution in [3.63, 3.8) is 0 Å². The van der Waals surface area contributed by atoms with E-state index in [1.54, 1.807) is 7.11 Å². The van der Waals surface area contributed by atoms with E-state index < -0.39 is 0 Å². The van der Waals surface area contributed by atoms with Gasteiger partial charge in [0.1, 0.15) is 12.1 Å². The van der Waals surface area contributed by atoms with E-state index in [0.29, 0.717) is 18.8 Å². The van der Waals surface area contributed by atoms with Crippen molar-refractivity contribution in [2.24, 2.45) is 0 Å². The summed E-state index contributed by atoms with van der Waals surface area (Å²) in [5.74, 6) is 1.51. The zero-order chi connectivity index (χ0) is 21.1. The second kappa shape index (κ2) is 8.69. The molecule has 6 nitrogen and oxygen atoms in total. The third-order valence-corrected chi connectivity index (χ3v) is 5.80. The molecular formula is C24H28N4O2. The Bertz CT molecular complexity index is 1010. The molecule has 0 saturated heterocycles. The molecule has 0 N–H and O–H groups in total. The molecule has 2 atom stereocenters. The number of aromatic nitrogens is 3. The monoisotopic (exact) mass is 404 g/mol. The number of hydrogen-bond donors (Lipinski definition) is 0. The summed E-state index contributed by atoms with van der Waals surface area (Å²) in [6.07, 6.45) is 4.59. The molecule has 156 valence electrons. The Morgan fingerprint density at radius 2 is 1.90 bits per heavy atom. The molecule has 1 aliphatic rings. The van der Waals surface area contributed by atoms with Crippen LogP contribution < -0.4 is 9.64 Å². The number of aryl methyl sites for hydroxylation is 1. The lowest BCUT2D eigenvalue weighted by molar-refractivity contribution is -0.119. The predicted molar refractivity (Wildman–Crippen MR) is 117 cm³/mol. The van der Waals surface area contributed by atoms with Gasteiger partial charge in [-0.15, -0.1) is 0 Å². The first kappa shape index (κ1) is 20.1. The van der Waals surface area contributed by atoms with E-state index in [-0.39, 0.29) is 18.0 Å². The van der Waals surface area contributed by atoms with Gasteiger partial charge in [0, 0.05) is 12.0 Å². The van der Waals surface area contributed by atoms with Gasteiger partial charge in [0.05, 0.1) is 19.2 Å². The van der Waals surface area contributed by atoms with E-state index in [0.717, 1.165) is 29.7 Å². The van der Waals surface area contributed by atoms with Crippen LogP contribution >= 0.6 is 0 Å². The summed E-state index contributed by atoms with van der Waals surface area (Å²) in [6, 6.07) is 16.3. The number of amides is 1. The first-order valence-corrected chi connectivity index (χ1v) is 10.5. The van der Waals surface area contributed by atoms with Gasteiger partial charge in [-0.25, -0.2) is 4.68 Å². The van der Waals surface area contributed by atoms with Crippen LogP contribution in [0.4, 0.5) is 5.95 Å². The van der Waals surface area contributed by atoms with Crippen molar-refractivity contribution in [2.45, 2.75) is 51.6 Å². The lowest BCUT2D eigenvalue weighted by Crippen LogP contribution is -2.42. The van der Waals surface area contributed by atoms with Gasteiger partial charge in [0.25, 0.3) is 0 Å². The number of unbranched alkanes of at least 4 members (excludes halogenated alkanes) is 1. The molecule has 0 saturated carbocycles. The van der Waals surface area contributed by atoms with Crippen LogP contribution in [0.2, 0.25) is 0 Å². The number of ether oxygens (including phenoxy) is 1. The number of carbonyl (C=O) groups is 1. The minimum atomic E-state index is -0.110. The third kappa shape index (κ3) is 3.70. The van der Waals surface area contributed by atoms with Gasteiger partial charge in [-0.2, -0.15) is 10.1 Å². The number of anilines is 1. The largest absolute Gasteiger partial charge is 0.496 e. The fourth-order valence-electron chi connectivity index (χ4n) is 4.20. The van der Waals surface area contributed by atoms with Crippen LogP contribution in [-0.2, 0) is 4.79 Å². The average Bonchev–Trinajstić information content (AvgIpc) is 3.26. The van der Waals surface area contributed by atoms with Crippen molar-refractivity contribution in [1.82, 2.24) is 14.8 Å². The summed E-state index contributed by atoms with van der Waals surface area (Å²) in [5, 5.41) is 4.50. The first-order valence-electron chi connectivity index (χ1n) is 10.5. The standard InChI is InChI=1S/C24H28N4O2/c1-4-5-10-23(29)27-20(18-13-11-17(2)12-14-18)15-21(28-24(27)25-16-26-28)19-8-6-7-9-22(19)30-3/h6-9,11-14,16,20-21H,4-5,10,15H2,1-3H3/t20-,21-/m1/s1. The van der Waals surface area contributed by atoms with Crippen molar-refractivity contribution in [1.29, 1.82) is 0 Å². The molecule has 0 fully saturated rings. The maximum atomic E-state index is 13.3. The predicted octanol–water partition coefficient (Wildman–Crippen LogP) is 4.85. The quantitative estimate of drug-likeness (QED) is 0.589. The Labute approximate surface area is 177 Å². The van der Waals surface area contributed by atoms with Gasteiger partial charge >= 0.3 is 0 Å². The van der Waals surface area contributed by atoms with Gasteiger partial charge in [0.2, 0.25) is 11.9 Å². The molecule has 0 unspecified atom stereocenters. The number of carbonyl (C=O) groups excluding carboxylic acids is 1. The van der Waals surface area contributed by atoms with E-state index in [4.69, 9.17) is 4.74 Å². The molecule has 30 heavy (non-hydrogen) atoms. The zero-order valence-corrected chi connectivity index (χ0v) is 17.8. The Morgan fingerprint density at radius 3 is 2.63 bits per heavy atom. The summed E-state index contributed by atoms with van der Waals surface area (Å²) >= 11 is 0. The number of nitrogens with zero attached hydrogens (tertiary/aromatic N) is 4. The maximum absolute atomic E-state index is 13.3. The molecule has 1 aromatic heterocycles. The fraction of sp³-hybridized carbons (Fsp3) is 0.375. The number of hydrogen-bond acceptors (Lipinski definition) is 4. The van der Waals surface area contributed by atoms with Crippen LogP contribution in [0.1, 0.15) is 61.4 Å². The van der Waals surface area contributed by atoms with Gasteiger partial charge < -0.3 is 4.74 Å². The van der Waals surface area contributed by atoms with E-state index in [1.165, 1.54) is 11.9 Å². The summed E-state index contributed by atoms with van der Waals surface area (Å²) < 4.78 is 7.50. The van der Waals surface area contributed by atoms with E-state index >= 15 is 0 Å². The number of methoxy groups -OCH3 is 1. The Balaban J connectivity index is 1.82. The summed E-state index contributed by atoms with van der Waals surface area (Å²) in [7, 11) is 1.68. The topological polar surface area (TPSA) is 60.2 Å². The summed E-state index contributed by atoms with van der Waals surface area (Å²) in [6.45, 7) is 4.17. The van der Waals surface area contributed by atoms with Crippen molar-refractivity contribution in [3.8, 4) is 5.75 Å². The van der Waals surface area contributed by atoms with Crippen LogP contribution in [0.25, 0.3) is 0 Å². The first-order chi connectivity index (χ1) is 14.6. The van der Waals surface area contributed by atoms with Crippen LogP contribution in [0.15, 0.2) is 54.9 Å². The van der Waals surface area contributed by atoms with E-state index in [9.17, 15) is 4.79 Å². The Morgan fingerprint density at radius 1 is 1.13 bits per heavy atom. The molecule has 0 spiro atoms. The van der Waals surface area contributed by atoms with Crippen LogP contribution in [-0.4, -0.2) is 27.8 Å². The van der Waals surface area contributed by atoms with Crippen LogP contribution in [0.5, 0.6) is 5.75 Å². The number of para-hydroxylation sites is 1. The number of rotatable bonds is 6. The molecule has 0 bridgehead atoms. The Kier molecular flexibility index (Phi) is 5.84. The van der Waals surface area contributed by atoms with Gasteiger partial charge in [-0.1, -0.05) is 61.4 Å². The average molecular weight is 405 g/mol. The minimum Gasteiger partial charge on any atom is -0.496 e. The van der Waals surface area contributed by atoms with Gasteiger partial charge in [-0.05, 0) is 31.4 Å².